The number of pyridine rings is 1. The molecule has 0 aliphatic heterocycles. The lowest BCUT2D eigenvalue weighted by Gasteiger charge is -2.12. The van der Waals surface area contributed by atoms with Crippen molar-refractivity contribution in [2.75, 3.05) is 33.2 Å². The molecular formula is C20H24N2O8S2. The third-order valence-corrected chi connectivity index (χ3v) is 6.37. The predicted octanol–water partition coefficient (Wildman–Crippen LogP) is 2.59. The Kier molecular flexibility index (Phi) is 8.11. The summed E-state index contributed by atoms with van der Waals surface area (Å²) in [6.07, 6.45) is 2.63. The van der Waals surface area contributed by atoms with Crippen molar-refractivity contribution in [3.8, 4) is 23.1 Å². The Morgan fingerprint density at radius 1 is 0.969 bits per heavy atom. The van der Waals surface area contributed by atoms with Gasteiger partial charge in [0.1, 0.15) is 22.9 Å². The Morgan fingerprint density at radius 3 is 2.09 bits per heavy atom. The molecule has 0 fully saturated rings. The molecule has 174 valence electrons. The van der Waals surface area contributed by atoms with Gasteiger partial charge in [-0.2, -0.15) is 0 Å². The van der Waals surface area contributed by atoms with Gasteiger partial charge >= 0.3 is 0 Å². The van der Waals surface area contributed by atoms with Gasteiger partial charge < -0.3 is 18.9 Å². The van der Waals surface area contributed by atoms with E-state index in [1.807, 2.05) is 0 Å². The number of hydrogen-bond donors (Lipinski definition) is 1. The largest absolute Gasteiger partial charge is 0.496 e. The number of methoxy groups -OCH3 is 4. The Morgan fingerprint density at radius 2 is 1.59 bits per heavy atom. The van der Waals surface area contributed by atoms with Gasteiger partial charge in [0.2, 0.25) is 5.88 Å². The van der Waals surface area contributed by atoms with Crippen LogP contribution in [0.15, 0.2) is 41.8 Å². The van der Waals surface area contributed by atoms with Crippen molar-refractivity contribution in [2.24, 2.45) is 0 Å². The highest BCUT2D eigenvalue weighted by Gasteiger charge is 2.16. The van der Waals surface area contributed by atoms with E-state index in [1.54, 1.807) is 12.1 Å². The molecule has 10 nitrogen and oxygen atoms in total. The number of aromatic nitrogens is 1. The number of ether oxygens (including phenoxy) is 4. The van der Waals surface area contributed by atoms with Gasteiger partial charge in [-0.1, -0.05) is 6.58 Å². The summed E-state index contributed by atoms with van der Waals surface area (Å²) in [4.78, 5) is 3.97. The van der Waals surface area contributed by atoms with E-state index in [-0.39, 0.29) is 17.1 Å². The molecule has 0 saturated heterocycles. The number of sulfone groups is 1. The second-order valence-electron chi connectivity index (χ2n) is 6.27. The monoisotopic (exact) mass is 484 g/mol. The molecule has 2 rings (SSSR count). The van der Waals surface area contributed by atoms with E-state index < -0.39 is 25.6 Å². The molecule has 12 heteroatoms. The molecule has 1 heterocycles. The van der Waals surface area contributed by atoms with Crippen LogP contribution < -0.4 is 23.7 Å². The van der Waals surface area contributed by atoms with E-state index in [1.165, 1.54) is 46.8 Å². The van der Waals surface area contributed by atoms with Crippen molar-refractivity contribution in [3.63, 3.8) is 0 Å². The van der Waals surface area contributed by atoms with Crippen LogP contribution >= 0.6 is 0 Å². The average molecular weight is 485 g/mol. The van der Waals surface area contributed by atoms with Crippen LogP contribution in [0.5, 0.6) is 23.1 Å². The number of anilines is 1. The molecule has 32 heavy (non-hydrogen) atoms. The average Bonchev–Trinajstić information content (AvgIpc) is 2.76. The summed E-state index contributed by atoms with van der Waals surface area (Å²) in [5.41, 5.74) is 0.639. The number of rotatable bonds is 11. The van der Waals surface area contributed by atoms with Crippen molar-refractivity contribution in [1.82, 2.24) is 4.98 Å². The third-order valence-electron chi connectivity index (χ3n) is 4.14. The fourth-order valence-corrected chi connectivity index (χ4v) is 4.25. The van der Waals surface area contributed by atoms with Gasteiger partial charge in [0, 0.05) is 29.1 Å². The molecule has 0 saturated carbocycles. The maximum absolute atomic E-state index is 12.7. The molecule has 0 spiro atoms. The van der Waals surface area contributed by atoms with Crippen molar-refractivity contribution >= 4 is 31.6 Å². The van der Waals surface area contributed by atoms with Crippen LogP contribution in [-0.4, -0.2) is 50.3 Å². The number of benzene rings is 1. The van der Waals surface area contributed by atoms with Crippen LogP contribution in [0.3, 0.4) is 0 Å². The summed E-state index contributed by atoms with van der Waals surface area (Å²) in [5, 5.41) is 1.73. The zero-order valence-electron chi connectivity index (χ0n) is 18.0. The molecule has 2 aromatic rings. The van der Waals surface area contributed by atoms with Gasteiger partial charge in [-0.05, 0) is 17.7 Å². The van der Waals surface area contributed by atoms with Gasteiger partial charge in [0.15, 0.2) is 9.84 Å². The van der Waals surface area contributed by atoms with Gasteiger partial charge in [0.05, 0.1) is 39.8 Å². The van der Waals surface area contributed by atoms with E-state index >= 15 is 0 Å². The lowest BCUT2D eigenvalue weighted by molar-refractivity contribution is 0.374. The van der Waals surface area contributed by atoms with E-state index in [0.717, 1.165) is 5.41 Å². The smallest absolute Gasteiger partial charge is 0.254 e. The van der Waals surface area contributed by atoms with Crippen LogP contribution in [0.2, 0.25) is 0 Å². The van der Waals surface area contributed by atoms with E-state index in [4.69, 9.17) is 18.9 Å². The van der Waals surface area contributed by atoms with Crippen LogP contribution in [-0.2, 0) is 25.6 Å². The molecule has 0 atom stereocenters. The lowest BCUT2D eigenvalue weighted by Crippen LogP contribution is -2.11. The SMILES string of the molecule is C=CS(=O)(=O)Nc1cc(CS(=O)(=O)/C=C/c2c(OC)cc(OC)cc2OC)cnc1OC. The topological polar surface area (TPSA) is 130 Å². The molecule has 1 aromatic carbocycles. The van der Waals surface area contributed by atoms with Crippen molar-refractivity contribution in [2.45, 2.75) is 5.75 Å². The summed E-state index contributed by atoms with van der Waals surface area (Å²) in [6.45, 7) is 3.21. The van der Waals surface area contributed by atoms with Crippen molar-refractivity contribution < 1.29 is 35.8 Å². The van der Waals surface area contributed by atoms with Crippen LogP contribution in [0.4, 0.5) is 5.69 Å². The summed E-state index contributed by atoms with van der Waals surface area (Å²) in [6, 6.07) is 4.52. The van der Waals surface area contributed by atoms with Crippen LogP contribution in [0.25, 0.3) is 6.08 Å². The van der Waals surface area contributed by atoms with Gasteiger partial charge in [-0.3, -0.25) is 4.72 Å². The molecular weight excluding hydrogens is 460 g/mol. The quantitative estimate of drug-likeness (QED) is 0.511. The molecule has 0 amide bonds. The minimum absolute atomic E-state index is 0.0115. The molecule has 0 radical (unpaired) electrons. The number of nitrogens with zero attached hydrogens (tertiary/aromatic N) is 1. The van der Waals surface area contributed by atoms with Gasteiger partial charge in [-0.15, -0.1) is 0 Å². The first-order valence-corrected chi connectivity index (χ1v) is 12.2. The van der Waals surface area contributed by atoms with E-state index in [0.29, 0.717) is 28.2 Å². The van der Waals surface area contributed by atoms with Crippen molar-refractivity contribution in [1.29, 1.82) is 0 Å². The summed E-state index contributed by atoms with van der Waals surface area (Å²) >= 11 is 0. The number of nitrogens with one attached hydrogen (secondary N) is 1. The Bertz CT molecular complexity index is 1200. The molecule has 1 aromatic heterocycles. The summed E-state index contributed by atoms with van der Waals surface area (Å²) < 4.78 is 72.0. The first kappa shape index (κ1) is 25.0. The summed E-state index contributed by atoms with van der Waals surface area (Å²) in [5.74, 6) is 0.751. The maximum atomic E-state index is 12.7. The van der Waals surface area contributed by atoms with Crippen LogP contribution in [0, 0.1) is 0 Å². The first-order valence-electron chi connectivity index (χ1n) is 8.97. The summed E-state index contributed by atoms with van der Waals surface area (Å²) in [7, 11) is -1.95. The third kappa shape index (κ3) is 6.37. The van der Waals surface area contributed by atoms with Crippen molar-refractivity contribution in [3.05, 3.63) is 52.9 Å². The number of hydrogen-bond acceptors (Lipinski definition) is 9. The predicted molar refractivity (Wildman–Crippen MR) is 121 cm³/mol. The van der Waals surface area contributed by atoms with E-state index in [2.05, 4.69) is 16.3 Å². The number of sulfonamides is 1. The lowest BCUT2D eigenvalue weighted by atomic mass is 10.1. The Balaban J connectivity index is 2.37. The minimum Gasteiger partial charge on any atom is -0.496 e. The first-order chi connectivity index (χ1) is 15.1. The fraction of sp³-hybridized carbons (Fsp3) is 0.250. The zero-order chi connectivity index (χ0) is 23.9. The second kappa shape index (κ2) is 10.4. The second-order valence-corrected chi connectivity index (χ2v) is 9.78. The fourth-order valence-electron chi connectivity index (χ4n) is 2.65. The molecule has 0 unspecified atom stereocenters. The van der Waals surface area contributed by atoms with Gasteiger partial charge in [0.25, 0.3) is 10.0 Å². The van der Waals surface area contributed by atoms with Crippen LogP contribution in [0.1, 0.15) is 11.1 Å². The normalized spacial score (nSPS) is 11.8. The standard InChI is InChI=1S/C20H24N2O8S2/c1-6-32(25,26)22-17-9-14(12-21-20(17)30-5)13-31(23,24)8-7-16-18(28-3)10-15(27-2)11-19(16)29-4/h6-12,22H,1,13H2,2-5H3/b8-7+. The molecule has 0 aliphatic rings. The Hall–Kier alpha value is -3.25. The molecule has 0 bridgehead atoms. The Labute approximate surface area is 187 Å². The van der Waals surface area contributed by atoms with Gasteiger partial charge in [-0.25, -0.2) is 21.8 Å². The zero-order valence-corrected chi connectivity index (χ0v) is 19.6. The maximum Gasteiger partial charge on any atom is 0.254 e. The highest BCUT2D eigenvalue weighted by Crippen LogP contribution is 2.35. The van der Waals surface area contributed by atoms with E-state index in [9.17, 15) is 16.8 Å². The highest BCUT2D eigenvalue weighted by atomic mass is 32.2. The molecule has 1 N–H and O–H groups in total. The minimum atomic E-state index is -3.84. The highest BCUT2D eigenvalue weighted by molar-refractivity contribution is 7.95. The molecule has 0 aliphatic carbocycles.